The minimum Gasteiger partial charge on any atom is -0.318 e. The average molecular weight is 366 g/mol. The van der Waals surface area contributed by atoms with E-state index in [9.17, 15) is 9.59 Å². The summed E-state index contributed by atoms with van der Waals surface area (Å²) in [6.07, 6.45) is 7.67. The molecule has 1 aliphatic carbocycles. The Morgan fingerprint density at radius 2 is 1.50 bits per heavy atom. The van der Waals surface area contributed by atoms with Gasteiger partial charge in [0.05, 0.1) is 0 Å². The Morgan fingerprint density at radius 1 is 0.909 bits per heavy atom. The number of carbonyl (C=O) groups is 2. The second-order valence-electron chi connectivity index (χ2n) is 5.35. The monoisotopic (exact) mass is 365 g/mol. The van der Waals surface area contributed by atoms with Gasteiger partial charge >= 0.3 is 11.8 Å². The van der Waals surface area contributed by atoms with Crippen molar-refractivity contribution in [1.29, 1.82) is 0 Å². The molecule has 0 radical (unpaired) electrons. The van der Waals surface area contributed by atoms with Gasteiger partial charge < -0.3 is 5.32 Å². The highest BCUT2D eigenvalue weighted by Crippen LogP contribution is 2.15. The minimum atomic E-state index is -0.738. The number of carbonyl (C=O) groups excluding carboxylic acids is 2. The van der Waals surface area contributed by atoms with Crippen LogP contribution in [0.1, 0.15) is 44.9 Å². The van der Waals surface area contributed by atoms with Crippen molar-refractivity contribution >= 4 is 39.1 Å². The van der Waals surface area contributed by atoms with Crippen LogP contribution in [-0.4, -0.2) is 17.5 Å². The molecule has 1 saturated carbocycles. The van der Waals surface area contributed by atoms with Gasteiger partial charge in [-0.1, -0.05) is 35.2 Å². The van der Waals surface area contributed by atoms with Crippen LogP contribution in [0, 0.1) is 0 Å². The van der Waals surface area contributed by atoms with Gasteiger partial charge in [0.1, 0.15) is 0 Å². The largest absolute Gasteiger partial charge is 0.329 e. The number of hydrogen-bond acceptors (Lipinski definition) is 3. The molecule has 0 aliphatic heterocycles. The first-order valence-electron chi connectivity index (χ1n) is 7.57. The van der Waals surface area contributed by atoms with E-state index in [2.05, 4.69) is 31.8 Å². The van der Waals surface area contributed by atoms with Gasteiger partial charge in [0, 0.05) is 15.9 Å². The van der Waals surface area contributed by atoms with E-state index >= 15 is 0 Å². The fraction of sp³-hybridized carbons (Fsp3) is 0.438. The van der Waals surface area contributed by atoms with Gasteiger partial charge in [0.15, 0.2) is 0 Å². The summed E-state index contributed by atoms with van der Waals surface area (Å²) in [5.41, 5.74) is 3.91. The van der Waals surface area contributed by atoms with Crippen molar-refractivity contribution in [2.45, 2.75) is 44.9 Å². The summed E-state index contributed by atoms with van der Waals surface area (Å²) in [6, 6.07) is 7.02. The number of hydrazone groups is 1. The first kappa shape index (κ1) is 16.7. The molecule has 0 unspecified atom stereocenters. The third kappa shape index (κ3) is 5.60. The lowest BCUT2D eigenvalue weighted by atomic mass is 9.99. The lowest BCUT2D eigenvalue weighted by molar-refractivity contribution is -0.136. The Bertz CT molecular complexity index is 545. The maximum Gasteiger partial charge on any atom is 0.329 e. The first-order chi connectivity index (χ1) is 10.6. The maximum absolute atomic E-state index is 11.8. The van der Waals surface area contributed by atoms with E-state index in [0.29, 0.717) is 5.69 Å². The molecule has 118 valence electrons. The van der Waals surface area contributed by atoms with Crippen molar-refractivity contribution in [2.75, 3.05) is 5.32 Å². The normalized spacial score (nSPS) is 15.4. The molecule has 0 atom stereocenters. The summed E-state index contributed by atoms with van der Waals surface area (Å²) >= 11 is 3.31. The summed E-state index contributed by atoms with van der Waals surface area (Å²) in [5, 5.41) is 6.65. The number of nitrogens with zero attached hydrogens (tertiary/aromatic N) is 1. The number of anilines is 1. The molecule has 0 aromatic heterocycles. The molecule has 6 heteroatoms. The van der Waals surface area contributed by atoms with Crippen molar-refractivity contribution in [3.05, 3.63) is 28.7 Å². The molecule has 0 bridgehead atoms. The Morgan fingerprint density at radius 3 is 2.14 bits per heavy atom. The molecule has 5 nitrogen and oxygen atoms in total. The maximum atomic E-state index is 11.8. The molecule has 1 fully saturated rings. The van der Waals surface area contributed by atoms with E-state index in [1.54, 1.807) is 24.3 Å². The molecule has 1 aliphatic rings. The number of amides is 2. The van der Waals surface area contributed by atoms with E-state index in [1.807, 2.05) is 0 Å². The van der Waals surface area contributed by atoms with Crippen LogP contribution in [0.15, 0.2) is 33.8 Å². The van der Waals surface area contributed by atoms with Crippen molar-refractivity contribution in [3.8, 4) is 0 Å². The molecule has 0 saturated heterocycles. The van der Waals surface area contributed by atoms with Crippen LogP contribution >= 0.6 is 15.9 Å². The van der Waals surface area contributed by atoms with Crippen LogP contribution < -0.4 is 10.7 Å². The van der Waals surface area contributed by atoms with E-state index < -0.39 is 11.8 Å². The predicted molar refractivity (Wildman–Crippen MR) is 90.7 cm³/mol. The van der Waals surface area contributed by atoms with Crippen LogP contribution in [-0.2, 0) is 9.59 Å². The fourth-order valence-electron chi connectivity index (χ4n) is 2.33. The van der Waals surface area contributed by atoms with Crippen LogP contribution in [0.4, 0.5) is 5.69 Å². The molecule has 1 aromatic rings. The van der Waals surface area contributed by atoms with E-state index in [0.717, 1.165) is 35.9 Å². The first-order valence-corrected chi connectivity index (χ1v) is 8.37. The lowest BCUT2D eigenvalue weighted by Crippen LogP contribution is -2.33. The second-order valence-corrected chi connectivity index (χ2v) is 6.26. The Balaban J connectivity index is 1.85. The van der Waals surface area contributed by atoms with E-state index in [-0.39, 0.29) is 0 Å². The Kier molecular flexibility index (Phi) is 6.58. The van der Waals surface area contributed by atoms with Crippen molar-refractivity contribution in [1.82, 2.24) is 5.43 Å². The zero-order valence-electron chi connectivity index (χ0n) is 12.4. The van der Waals surface area contributed by atoms with Crippen LogP contribution in [0.2, 0.25) is 0 Å². The van der Waals surface area contributed by atoms with Crippen molar-refractivity contribution in [2.24, 2.45) is 5.10 Å². The highest BCUT2D eigenvalue weighted by Gasteiger charge is 2.13. The van der Waals surface area contributed by atoms with Crippen LogP contribution in [0.3, 0.4) is 0 Å². The number of nitrogens with one attached hydrogen (secondary N) is 2. The van der Waals surface area contributed by atoms with Crippen LogP contribution in [0.5, 0.6) is 0 Å². The predicted octanol–water partition coefficient (Wildman–Crippen LogP) is 3.60. The standard InChI is InChI=1S/C16H20BrN3O2/c17-12-8-10-13(11-9-12)18-15(21)16(22)20-19-14-6-4-2-1-3-5-7-14/h8-11H,1-7H2,(H,18,21)(H,20,22). The summed E-state index contributed by atoms with van der Waals surface area (Å²) in [5.74, 6) is -1.45. The zero-order valence-corrected chi connectivity index (χ0v) is 14.0. The average Bonchev–Trinajstić information content (AvgIpc) is 2.48. The van der Waals surface area contributed by atoms with Crippen molar-refractivity contribution in [3.63, 3.8) is 0 Å². The smallest absolute Gasteiger partial charge is 0.318 e. The summed E-state index contributed by atoms with van der Waals surface area (Å²) in [7, 11) is 0. The topological polar surface area (TPSA) is 70.6 Å². The van der Waals surface area contributed by atoms with Gasteiger partial charge in [-0.15, -0.1) is 0 Å². The lowest BCUT2D eigenvalue weighted by Gasteiger charge is -2.11. The van der Waals surface area contributed by atoms with Gasteiger partial charge in [0.2, 0.25) is 0 Å². The van der Waals surface area contributed by atoms with Crippen LogP contribution in [0.25, 0.3) is 0 Å². The number of hydrogen-bond donors (Lipinski definition) is 2. The van der Waals surface area contributed by atoms with Gasteiger partial charge in [-0.3, -0.25) is 9.59 Å². The highest BCUT2D eigenvalue weighted by molar-refractivity contribution is 9.10. The van der Waals surface area contributed by atoms with Gasteiger partial charge in [-0.05, 0) is 49.9 Å². The molecule has 0 spiro atoms. The number of halogens is 1. The molecular weight excluding hydrogens is 346 g/mol. The molecule has 2 N–H and O–H groups in total. The summed E-state index contributed by atoms with van der Waals surface area (Å²) < 4.78 is 0.908. The third-order valence-electron chi connectivity index (χ3n) is 3.55. The molecule has 1 aromatic carbocycles. The Hall–Kier alpha value is -1.69. The molecule has 22 heavy (non-hydrogen) atoms. The number of benzene rings is 1. The second kappa shape index (κ2) is 8.68. The summed E-state index contributed by atoms with van der Waals surface area (Å²) in [4.78, 5) is 23.6. The number of rotatable bonds is 2. The van der Waals surface area contributed by atoms with Gasteiger partial charge in [-0.25, -0.2) is 5.43 Å². The molecule has 2 amide bonds. The van der Waals surface area contributed by atoms with Crippen molar-refractivity contribution < 1.29 is 9.59 Å². The molecular formula is C16H20BrN3O2. The molecule has 2 rings (SSSR count). The van der Waals surface area contributed by atoms with Gasteiger partial charge in [0.25, 0.3) is 0 Å². The third-order valence-corrected chi connectivity index (χ3v) is 4.08. The molecule has 0 heterocycles. The summed E-state index contributed by atoms with van der Waals surface area (Å²) in [6.45, 7) is 0. The van der Waals surface area contributed by atoms with E-state index in [4.69, 9.17) is 0 Å². The fourth-order valence-corrected chi connectivity index (χ4v) is 2.59. The Labute approximate surface area is 138 Å². The minimum absolute atomic E-state index is 0.571. The zero-order chi connectivity index (χ0) is 15.8. The van der Waals surface area contributed by atoms with E-state index in [1.165, 1.54) is 19.3 Å². The quantitative estimate of drug-likeness (QED) is 0.620. The van der Waals surface area contributed by atoms with Gasteiger partial charge in [-0.2, -0.15) is 5.10 Å². The highest BCUT2D eigenvalue weighted by atomic mass is 79.9. The SMILES string of the molecule is O=C(NN=C1CCCCCCC1)C(=O)Nc1ccc(Br)cc1.